The molecule has 8 heteroatoms. The lowest BCUT2D eigenvalue weighted by molar-refractivity contribution is -0.154. The van der Waals surface area contributed by atoms with E-state index in [4.69, 9.17) is 9.47 Å². The SMILES string of the molecule is CCOC(=O)C[C@]1([C@]2(CC(=O)OCC)C(=O)N(C)c3ccccc32)C(=O)N(C)c2ccccc21. The van der Waals surface area contributed by atoms with Crippen LogP contribution in [0.3, 0.4) is 0 Å². The molecule has 0 radical (unpaired) electrons. The van der Waals surface area contributed by atoms with Crippen molar-refractivity contribution in [3.8, 4) is 0 Å². The van der Waals surface area contributed by atoms with Gasteiger partial charge in [0.05, 0.1) is 26.1 Å². The molecule has 0 aromatic heterocycles. The minimum Gasteiger partial charge on any atom is -0.466 e. The van der Waals surface area contributed by atoms with Crippen molar-refractivity contribution in [2.45, 2.75) is 37.5 Å². The highest BCUT2D eigenvalue weighted by molar-refractivity contribution is 6.20. The summed E-state index contributed by atoms with van der Waals surface area (Å²) < 4.78 is 10.6. The highest BCUT2D eigenvalue weighted by Crippen LogP contribution is 2.61. The predicted octanol–water partition coefficient (Wildman–Crippen LogP) is 2.72. The molecular weight excluding hydrogens is 436 g/mol. The van der Waals surface area contributed by atoms with Crippen molar-refractivity contribution in [2.24, 2.45) is 0 Å². The van der Waals surface area contributed by atoms with E-state index in [9.17, 15) is 19.2 Å². The van der Waals surface area contributed by atoms with Gasteiger partial charge in [0, 0.05) is 25.5 Å². The Labute approximate surface area is 198 Å². The van der Waals surface area contributed by atoms with Crippen molar-refractivity contribution in [2.75, 3.05) is 37.1 Å². The van der Waals surface area contributed by atoms with E-state index in [-0.39, 0.29) is 13.2 Å². The smallest absolute Gasteiger partial charge is 0.307 e. The van der Waals surface area contributed by atoms with Crippen molar-refractivity contribution in [1.82, 2.24) is 0 Å². The van der Waals surface area contributed by atoms with Crippen LogP contribution >= 0.6 is 0 Å². The summed E-state index contributed by atoms with van der Waals surface area (Å²) in [5, 5.41) is 0. The van der Waals surface area contributed by atoms with Crippen molar-refractivity contribution in [1.29, 1.82) is 0 Å². The first-order chi connectivity index (χ1) is 16.3. The second-order valence-electron chi connectivity index (χ2n) is 8.54. The molecule has 4 rings (SSSR count). The molecule has 2 atom stereocenters. The Kier molecular flexibility index (Phi) is 5.93. The van der Waals surface area contributed by atoms with Gasteiger partial charge in [-0.3, -0.25) is 19.2 Å². The molecule has 2 aliphatic rings. The fourth-order valence-electron chi connectivity index (χ4n) is 5.60. The van der Waals surface area contributed by atoms with Crippen LogP contribution in [0.15, 0.2) is 48.5 Å². The number of amides is 2. The van der Waals surface area contributed by atoms with E-state index < -0.39 is 47.4 Å². The first-order valence-corrected chi connectivity index (χ1v) is 11.3. The number of esters is 2. The van der Waals surface area contributed by atoms with Gasteiger partial charge in [-0.15, -0.1) is 0 Å². The molecule has 0 saturated heterocycles. The fraction of sp³-hybridized carbons (Fsp3) is 0.385. The second-order valence-corrected chi connectivity index (χ2v) is 8.54. The summed E-state index contributed by atoms with van der Waals surface area (Å²) in [6.07, 6.45) is -0.789. The number of anilines is 2. The quantitative estimate of drug-likeness (QED) is 0.585. The van der Waals surface area contributed by atoms with Crippen LogP contribution in [0, 0.1) is 0 Å². The highest BCUT2D eigenvalue weighted by atomic mass is 16.5. The Morgan fingerprint density at radius 1 is 0.706 bits per heavy atom. The van der Waals surface area contributed by atoms with E-state index >= 15 is 0 Å². The minimum atomic E-state index is -1.70. The maximum atomic E-state index is 14.2. The third-order valence-corrected chi connectivity index (χ3v) is 6.95. The molecule has 34 heavy (non-hydrogen) atoms. The van der Waals surface area contributed by atoms with Gasteiger partial charge < -0.3 is 19.3 Å². The van der Waals surface area contributed by atoms with Gasteiger partial charge in [-0.05, 0) is 37.1 Å². The first-order valence-electron chi connectivity index (χ1n) is 11.3. The van der Waals surface area contributed by atoms with Crippen molar-refractivity contribution in [3.63, 3.8) is 0 Å². The maximum absolute atomic E-state index is 14.2. The molecule has 0 aliphatic carbocycles. The molecule has 0 N–H and O–H groups in total. The fourth-order valence-corrected chi connectivity index (χ4v) is 5.60. The number of ether oxygens (including phenoxy) is 2. The van der Waals surface area contributed by atoms with E-state index in [1.807, 2.05) is 0 Å². The summed E-state index contributed by atoms with van der Waals surface area (Å²) in [5.41, 5.74) is -1.21. The zero-order valence-electron chi connectivity index (χ0n) is 19.8. The monoisotopic (exact) mass is 464 g/mol. The van der Waals surface area contributed by atoms with Crippen molar-refractivity contribution >= 4 is 35.1 Å². The van der Waals surface area contributed by atoms with Gasteiger partial charge in [-0.1, -0.05) is 36.4 Å². The number of hydrogen-bond acceptors (Lipinski definition) is 6. The molecule has 0 fully saturated rings. The second kappa shape index (κ2) is 8.59. The van der Waals surface area contributed by atoms with Crippen LogP contribution in [0.2, 0.25) is 0 Å². The van der Waals surface area contributed by atoms with Gasteiger partial charge in [-0.2, -0.15) is 0 Å². The number of hydrogen-bond donors (Lipinski definition) is 0. The zero-order chi connectivity index (χ0) is 24.7. The summed E-state index contributed by atoms with van der Waals surface area (Å²) >= 11 is 0. The van der Waals surface area contributed by atoms with Crippen LogP contribution < -0.4 is 9.80 Å². The Morgan fingerprint density at radius 2 is 1.06 bits per heavy atom. The van der Waals surface area contributed by atoms with Gasteiger partial charge in [0.2, 0.25) is 11.8 Å². The first kappa shape index (κ1) is 23.5. The average Bonchev–Trinajstić information content (AvgIpc) is 3.17. The predicted molar refractivity (Wildman–Crippen MR) is 126 cm³/mol. The van der Waals surface area contributed by atoms with Crippen LogP contribution in [0.1, 0.15) is 37.8 Å². The molecule has 2 aromatic rings. The number of rotatable bonds is 7. The van der Waals surface area contributed by atoms with E-state index in [0.717, 1.165) is 0 Å². The summed E-state index contributed by atoms with van der Waals surface area (Å²) in [6.45, 7) is 3.60. The van der Waals surface area contributed by atoms with Crippen molar-refractivity contribution < 1.29 is 28.7 Å². The molecule has 2 aliphatic heterocycles. The molecule has 2 amide bonds. The summed E-state index contributed by atoms with van der Waals surface area (Å²) in [7, 11) is 3.22. The normalized spacial score (nSPS) is 23.1. The summed E-state index contributed by atoms with van der Waals surface area (Å²) in [4.78, 5) is 57.4. The van der Waals surface area contributed by atoms with E-state index in [1.54, 1.807) is 76.5 Å². The Bertz CT molecular complexity index is 1090. The number of likely N-dealkylation sites (N-methyl/N-ethyl adjacent to an activating group) is 2. The molecule has 8 nitrogen and oxygen atoms in total. The third-order valence-electron chi connectivity index (χ3n) is 6.95. The standard InChI is InChI=1S/C26H28N2O6/c1-5-33-21(29)15-25(17-11-7-9-13-19(17)27(3)23(25)31)26(16-22(30)34-6-2)18-12-8-10-14-20(18)28(4)24(26)32/h7-14H,5-6,15-16H2,1-4H3/t25-,26+. The molecular formula is C26H28N2O6. The van der Waals surface area contributed by atoms with Gasteiger partial charge >= 0.3 is 11.9 Å². The van der Waals surface area contributed by atoms with Crippen molar-refractivity contribution in [3.05, 3.63) is 59.7 Å². The lowest BCUT2D eigenvalue weighted by Crippen LogP contribution is -2.61. The molecule has 178 valence electrons. The minimum absolute atomic E-state index is 0.121. The van der Waals surface area contributed by atoms with Crippen LogP contribution in [-0.4, -0.2) is 51.1 Å². The Balaban J connectivity index is 2.10. The summed E-state index contributed by atoms with van der Waals surface area (Å²) in [6, 6.07) is 14.1. The zero-order valence-corrected chi connectivity index (χ0v) is 19.8. The van der Waals surface area contributed by atoms with Gasteiger partial charge in [-0.25, -0.2) is 0 Å². The van der Waals surface area contributed by atoms with E-state index in [2.05, 4.69) is 0 Å². The van der Waals surface area contributed by atoms with Gasteiger partial charge in [0.15, 0.2) is 0 Å². The topological polar surface area (TPSA) is 93.2 Å². The van der Waals surface area contributed by atoms with Crippen LogP contribution in [0.4, 0.5) is 11.4 Å². The van der Waals surface area contributed by atoms with Gasteiger partial charge in [0.1, 0.15) is 10.8 Å². The molecule has 0 saturated carbocycles. The highest BCUT2D eigenvalue weighted by Gasteiger charge is 2.71. The van der Waals surface area contributed by atoms with Crippen LogP contribution in [-0.2, 0) is 39.5 Å². The number of benzene rings is 2. The van der Waals surface area contributed by atoms with E-state index in [1.165, 1.54) is 9.80 Å². The average molecular weight is 465 g/mol. The Hall–Kier alpha value is -3.68. The molecule has 2 heterocycles. The number of para-hydroxylation sites is 2. The van der Waals surface area contributed by atoms with Crippen LogP contribution in [0.25, 0.3) is 0 Å². The molecule has 0 unspecified atom stereocenters. The number of carbonyl (C=O) groups is 4. The van der Waals surface area contributed by atoms with Crippen LogP contribution in [0.5, 0.6) is 0 Å². The molecule has 2 aromatic carbocycles. The van der Waals surface area contributed by atoms with E-state index in [0.29, 0.717) is 22.5 Å². The number of fused-ring (bicyclic) bond motifs is 2. The molecule has 0 spiro atoms. The third kappa shape index (κ3) is 3.04. The summed E-state index contributed by atoms with van der Waals surface area (Å²) in [5.74, 6) is -2.12. The Morgan fingerprint density at radius 3 is 1.41 bits per heavy atom. The largest absolute Gasteiger partial charge is 0.466 e. The number of nitrogens with zero attached hydrogens (tertiary/aromatic N) is 2. The lowest BCUT2D eigenvalue weighted by Gasteiger charge is -2.43. The van der Waals surface area contributed by atoms with Gasteiger partial charge in [0.25, 0.3) is 0 Å². The molecule has 0 bridgehead atoms. The maximum Gasteiger partial charge on any atom is 0.307 e. The lowest BCUT2D eigenvalue weighted by atomic mass is 9.54. The number of carbonyl (C=O) groups excluding carboxylic acids is 4.